The fourth-order valence-corrected chi connectivity index (χ4v) is 2.35. The van der Waals surface area contributed by atoms with Crippen molar-refractivity contribution in [2.24, 2.45) is 11.7 Å². The van der Waals surface area contributed by atoms with E-state index in [9.17, 15) is 9.59 Å². The third kappa shape index (κ3) is 4.00. The Balaban J connectivity index is 2.48. The minimum absolute atomic E-state index is 0.0501. The summed E-state index contributed by atoms with van der Waals surface area (Å²) in [5.41, 5.74) is 5.74. The van der Waals surface area contributed by atoms with Gasteiger partial charge in [-0.05, 0) is 32.1 Å². The van der Waals surface area contributed by atoms with Crippen molar-refractivity contribution in [3.63, 3.8) is 0 Å². The van der Waals surface area contributed by atoms with Crippen LogP contribution in [0.2, 0.25) is 0 Å². The Morgan fingerprint density at radius 1 is 1.47 bits per heavy atom. The second kappa shape index (κ2) is 6.00. The molecular weight excluding hydrogens is 220 g/mol. The average Bonchev–Trinajstić information content (AvgIpc) is 2.25. The van der Waals surface area contributed by atoms with Crippen LogP contribution in [0.3, 0.4) is 0 Å². The second-order valence-corrected chi connectivity index (χ2v) is 5.05. The molecule has 1 aliphatic heterocycles. The van der Waals surface area contributed by atoms with Crippen LogP contribution in [0, 0.1) is 5.92 Å². The summed E-state index contributed by atoms with van der Waals surface area (Å²) in [6, 6.07) is -0.468. The van der Waals surface area contributed by atoms with Crippen molar-refractivity contribution in [1.29, 1.82) is 0 Å². The maximum Gasteiger partial charge on any atom is 0.303 e. The van der Waals surface area contributed by atoms with Gasteiger partial charge in [0.05, 0.1) is 6.04 Å². The lowest BCUT2D eigenvalue weighted by Crippen LogP contribution is -2.51. The Hall–Kier alpha value is -1.10. The third-order valence-electron chi connectivity index (χ3n) is 3.41. The first-order valence-corrected chi connectivity index (χ1v) is 6.19. The van der Waals surface area contributed by atoms with Crippen LogP contribution < -0.4 is 5.73 Å². The summed E-state index contributed by atoms with van der Waals surface area (Å²) >= 11 is 0. The lowest BCUT2D eigenvalue weighted by atomic mass is 9.92. The van der Waals surface area contributed by atoms with Crippen molar-refractivity contribution >= 4 is 11.9 Å². The summed E-state index contributed by atoms with van der Waals surface area (Å²) in [6.45, 7) is 4.95. The van der Waals surface area contributed by atoms with Gasteiger partial charge in [-0.3, -0.25) is 9.59 Å². The zero-order valence-corrected chi connectivity index (χ0v) is 10.6. The summed E-state index contributed by atoms with van der Waals surface area (Å²) in [5.74, 6) is -0.372. The fraction of sp³-hybridized carbons (Fsp3) is 0.833. The molecule has 98 valence electrons. The Morgan fingerprint density at radius 3 is 2.65 bits per heavy atom. The van der Waals surface area contributed by atoms with Gasteiger partial charge < -0.3 is 15.7 Å². The van der Waals surface area contributed by atoms with Crippen molar-refractivity contribution in [1.82, 2.24) is 4.90 Å². The number of carboxylic acid groups (broad SMARTS) is 1. The van der Waals surface area contributed by atoms with Crippen LogP contribution >= 0.6 is 0 Å². The molecule has 0 aromatic carbocycles. The molecule has 3 N–H and O–H groups in total. The summed E-state index contributed by atoms with van der Waals surface area (Å²) in [7, 11) is 0. The standard InChI is InChI=1S/C12H22N2O3/c1-8-5-6-14(9(2)7-8)12(17)10(13)3-4-11(15)16/h8-10H,3-7,13H2,1-2H3,(H,15,16). The summed E-state index contributed by atoms with van der Waals surface area (Å²) in [6.07, 6.45) is 2.16. The molecule has 0 aromatic heterocycles. The molecule has 1 amide bonds. The number of piperidine rings is 1. The Labute approximate surface area is 102 Å². The highest BCUT2D eigenvalue weighted by Crippen LogP contribution is 2.22. The van der Waals surface area contributed by atoms with Gasteiger partial charge in [0.2, 0.25) is 5.91 Å². The van der Waals surface area contributed by atoms with Gasteiger partial charge in [-0.2, -0.15) is 0 Å². The highest BCUT2D eigenvalue weighted by Gasteiger charge is 2.29. The highest BCUT2D eigenvalue weighted by molar-refractivity contribution is 5.82. The minimum Gasteiger partial charge on any atom is -0.481 e. The predicted octanol–water partition coefficient (Wildman–Crippen LogP) is 0.826. The molecule has 1 saturated heterocycles. The molecule has 0 aromatic rings. The van der Waals surface area contributed by atoms with Gasteiger partial charge in [-0.1, -0.05) is 6.92 Å². The highest BCUT2D eigenvalue weighted by atomic mass is 16.4. The Kier molecular flexibility index (Phi) is 4.93. The summed E-state index contributed by atoms with van der Waals surface area (Å²) in [4.78, 5) is 24.3. The Bertz CT molecular complexity index is 293. The molecule has 3 atom stereocenters. The van der Waals surface area contributed by atoms with E-state index < -0.39 is 12.0 Å². The number of carboxylic acids is 1. The minimum atomic E-state index is -0.909. The van der Waals surface area contributed by atoms with Crippen molar-refractivity contribution in [2.75, 3.05) is 6.54 Å². The fourth-order valence-electron chi connectivity index (χ4n) is 2.35. The largest absolute Gasteiger partial charge is 0.481 e. The van der Waals surface area contributed by atoms with Crippen LogP contribution in [0.4, 0.5) is 0 Å². The van der Waals surface area contributed by atoms with E-state index in [-0.39, 0.29) is 24.8 Å². The molecule has 1 heterocycles. The van der Waals surface area contributed by atoms with Crippen LogP contribution in [0.15, 0.2) is 0 Å². The van der Waals surface area contributed by atoms with E-state index in [0.717, 1.165) is 19.4 Å². The van der Waals surface area contributed by atoms with Crippen LogP contribution in [-0.4, -0.2) is 40.5 Å². The number of carbonyl (C=O) groups excluding carboxylic acids is 1. The first-order chi connectivity index (χ1) is 7.91. The van der Waals surface area contributed by atoms with Crippen molar-refractivity contribution in [2.45, 2.75) is 51.6 Å². The van der Waals surface area contributed by atoms with Crippen molar-refractivity contribution < 1.29 is 14.7 Å². The van der Waals surface area contributed by atoms with E-state index in [1.807, 2.05) is 6.92 Å². The Morgan fingerprint density at radius 2 is 2.12 bits per heavy atom. The first-order valence-electron chi connectivity index (χ1n) is 6.19. The quantitative estimate of drug-likeness (QED) is 0.764. The van der Waals surface area contributed by atoms with Crippen molar-refractivity contribution in [3.8, 4) is 0 Å². The van der Waals surface area contributed by atoms with Gasteiger partial charge >= 0.3 is 5.97 Å². The van der Waals surface area contributed by atoms with Gasteiger partial charge in [0.25, 0.3) is 0 Å². The molecule has 0 bridgehead atoms. The van der Waals surface area contributed by atoms with Crippen LogP contribution in [0.5, 0.6) is 0 Å². The number of carbonyl (C=O) groups is 2. The number of amides is 1. The van der Waals surface area contributed by atoms with E-state index >= 15 is 0 Å². The molecule has 0 saturated carbocycles. The molecule has 1 rings (SSSR count). The molecule has 0 aliphatic carbocycles. The van der Waals surface area contributed by atoms with Gasteiger partial charge in [0.1, 0.15) is 0 Å². The van der Waals surface area contributed by atoms with E-state index in [4.69, 9.17) is 10.8 Å². The normalized spacial score (nSPS) is 26.6. The summed E-state index contributed by atoms with van der Waals surface area (Å²) in [5, 5.41) is 8.56. The number of likely N-dealkylation sites (tertiary alicyclic amines) is 1. The van der Waals surface area contributed by atoms with Gasteiger partial charge in [0.15, 0.2) is 0 Å². The lowest BCUT2D eigenvalue weighted by Gasteiger charge is -2.37. The molecule has 0 spiro atoms. The SMILES string of the molecule is CC1CCN(C(=O)C(N)CCC(=O)O)C(C)C1. The number of hydrogen-bond acceptors (Lipinski definition) is 3. The molecule has 3 unspecified atom stereocenters. The van der Waals surface area contributed by atoms with Crippen LogP contribution in [0.25, 0.3) is 0 Å². The zero-order chi connectivity index (χ0) is 13.0. The average molecular weight is 242 g/mol. The predicted molar refractivity (Wildman–Crippen MR) is 64.4 cm³/mol. The molecule has 1 aliphatic rings. The topological polar surface area (TPSA) is 83.6 Å². The smallest absolute Gasteiger partial charge is 0.303 e. The molecule has 17 heavy (non-hydrogen) atoms. The molecule has 5 nitrogen and oxygen atoms in total. The molecule has 0 radical (unpaired) electrons. The van der Waals surface area contributed by atoms with E-state index in [1.165, 1.54) is 0 Å². The zero-order valence-electron chi connectivity index (χ0n) is 10.6. The maximum atomic E-state index is 12.0. The van der Waals surface area contributed by atoms with E-state index in [0.29, 0.717) is 5.92 Å². The number of hydrogen-bond donors (Lipinski definition) is 2. The van der Waals surface area contributed by atoms with Crippen molar-refractivity contribution in [3.05, 3.63) is 0 Å². The van der Waals surface area contributed by atoms with Crippen LogP contribution in [-0.2, 0) is 9.59 Å². The monoisotopic (exact) mass is 242 g/mol. The van der Waals surface area contributed by atoms with E-state index in [1.54, 1.807) is 4.90 Å². The maximum absolute atomic E-state index is 12.0. The molecular formula is C12H22N2O3. The van der Waals surface area contributed by atoms with E-state index in [2.05, 4.69) is 6.92 Å². The van der Waals surface area contributed by atoms with Crippen LogP contribution in [0.1, 0.15) is 39.5 Å². The number of nitrogens with two attached hydrogens (primary N) is 1. The van der Waals surface area contributed by atoms with Gasteiger partial charge in [-0.15, -0.1) is 0 Å². The van der Waals surface area contributed by atoms with Gasteiger partial charge in [0, 0.05) is 19.0 Å². The van der Waals surface area contributed by atoms with Gasteiger partial charge in [-0.25, -0.2) is 0 Å². The number of aliphatic carboxylic acids is 1. The number of rotatable bonds is 4. The summed E-state index contributed by atoms with van der Waals surface area (Å²) < 4.78 is 0. The molecule has 1 fully saturated rings. The second-order valence-electron chi connectivity index (χ2n) is 5.05. The number of nitrogens with zero attached hydrogens (tertiary/aromatic N) is 1. The third-order valence-corrected chi connectivity index (χ3v) is 3.41. The first kappa shape index (κ1) is 14.0. The lowest BCUT2D eigenvalue weighted by molar-refractivity contribution is -0.138. The molecule has 5 heteroatoms.